The van der Waals surface area contributed by atoms with Crippen LogP contribution in [0.3, 0.4) is 0 Å². The standard InChI is InChI=1S/C12H23ClO3/c1-14-8-9-15-6-2-4-12(10-13)5-3-7-16-11-12/h2-11H2,1H3. The molecule has 3 nitrogen and oxygen atoms in total. The summed E-state index contributed by atoms with van der Waals surface area (Å²) >= 11 is 6.06. The summed E-state index contributed by atoms with van der Waals surface area (Å²) < 4.78 is 15.9. The van der Waals surface area contributed by atoms with Crippen molar-refractivity contribution in [3.8, 4) is 0 Å². The van der Waals surface area contributed by atoms with Crippen LogP contribution in [0.15, 0.2) is 0 Å². The van der Waals surface area contributed by atoms with E-state index in [-0.39, 0.29) is 5.41 Å². The van der Waals surface area contributed by atoms with E-state index in [1.165, 1.54) is 6.42 Å². The number of alkyl halides is 1. The molecular formula is C12H23ClO3. The Morgan fingerprint density at radius 1 is 1.31 bits per heavy atom. The minimum absolute atomic E-state index is 0.199. The van der Waals surface area contributed by atoms with Crippen LogP contribution < -0.4 is 0 Å². The van der Waals surface area contributed by atoms with E-state index in [2.05, 4.69) is 0 Å². The zero-order valence-corrected chi connectivity index (χ0v) is 10.9. The van der Waals surface area contributed by atoms with Gasteiger partial charge in [0.05, 0.1) is 19.8 Å². The molecule has 1 atom stereocenters. The van der Waals surface area contributed by atoms with Crippen LogP contribution >= 0.6 is 11.6 Å². The van der Waals surface area contributed by atoms with Gasteiger partial charge < -0.3 is 14.2 Å². The molecule has 1 unspecified atom stereocenters. The van der Waals surface area contributed by atoms with Gasteiger partial charge in [-0.2, -0.15) is 0 Å². The predicted molar refractivity (Wildman–Crippen MR) is 65.1 cm³/mol. The molecule has 0 amide bonds. The van der Waals surface area contributed by atoms with E-state index in [1.54, 1.807) is 7.11 Å². The zero-order valence-electron chi connectivity index (χ0n) is 10.2. The highest BCUT2D eigenvalue weighted by atomic mass is 35.5. The topological polar surface area (TPSA) is 27.7 Å². The van der Waals surface area contributed by atoms with Crippen LogP contribution in [0.1, 0.15) is 25.7 Å². The molecule has 1 aliphatic heterocycles. The van der Waals surface area contributed by atoms with Crippen LogP contribution in [0.5, 0.6) is 0 Å². The maximum absolute atomic E-state index is 6.06. The lowest BCUT2D eigenvalue weighted by molar-refractivity contribution is -0.00680. The minimum Gasteiger partial charge on any atom is -0.382 e. The van der Waals surface area contributed by atoms with Gasteiger partial charge >= 0.3 is 0 Å². The first kappa shape index (κ1) is 14.2. The Labute approximate surface area is 103 Å². The fourth-order valence-corrected chi connectivity index (χ4v) is 2.42. The Morgan fingerprint density at radius 2 is 2.19 bits per heavy atom. The maximum Gasteiger partial charge on any atom is 0.0700 e. The summed E-state index contributed by atoms with van der Waals surface area (Å²) in [4.78, 5) is 0. The normalized spacial score (nSPS) is 25.9. The molecule has 1 rings (SSSR count). The third-order valence-corrected chi connectivity index (χ3v) is 3.68. The zero-order chi connectivity index (χ0) is 11.7. The molecule has 0 aromatic rings. The Hall–Kier alpha value is 0.170. The number of methoxy groups -OCH3 is 1. The van der Waals surface area contributed by atoms with Crippen LogP contribution in [0, 0.1) is 5.41 Å². The summed E-state index contributed by atoms with van der Waals surface area (Å²) in [5, 5.41) is 0. The van der Waals surface area contributed by atoms with Crippen molar-refractivity contribution in [2.75, 3.05) is 46.0 Å². The molecule has 1 aliphatic rings. The largest absolute Gasteiger partial charge is 0.382 e. The second-order valence-electron chi connectivity index (χ2n) is 4.50. The van der Waals surface area contributed by atoms with Crippen LogP contribution in [-0.2, 0) is 14.2 Å². The number of rotatable bonds is 8. The fourth-order valence-electron chi connectivity index (χ4n) is 2.07. The van der Waals surface area contributed by atoms with Crippen LogP contribution in [0.4, 0.5) is 0 Å². The van der Waals surface area contributed by atoms with Crippen molar-refractivity contribution in [2.24, 2.45) is 5.41 Å². The van der Waals surface area contributed by atoms with Gasteiger partial charge in [-0.15, -0.1) is 11.6 Å². The van der Waals surface area contributed by atoms with Gasteiger partial charge in [-0.25, -0.2) is 0 Å². The third kappa shape index (κ3) is 5.00. The fraction of sp³-hybridized carbons (Fsp3) is 1.00. The second kappa shape index (κ2) is 8.29. The molecule has 0 spiro atoms. The molecule has 4 heteroatoms. The quantitative estimate of drug-likeness (QED) is 0.489. The Bertz CT molecular complexity index is 170. The lowest BCUT2D eigenvalue weighted by Gasteiger charge is -2.35. The third-order valence-electron chi connectivity index (χ3n) is 3.12. The number of halogens is 1. The Balaban J connectivity index is 2.08. The lowest BCUT2D eigenvalue weighted by atomic mass is 9.80. The first-order valence-corrected chi connectivity index (χ1v) is 6.57. The van der Waals surface area contributed by atoms with E-state index in [9.17, 15) is 0 Å². The molecule has 0 N–H and O–H groups in total. The summed E-state index contributed by atoms with van der Waals surface area (Å²) in [6.45, 7) is 3.85. The van der Waals surface area contributed by atoms with Gasteiger partial charge in [0.1, 0.15) is 0 Å². The summed E-state index contributed by atoms with van der Waals surface area (Å²) in [5.74, 6) is 0.699. The van der Waals surface area contributed by atoms with Crippen LogP contribution in [0.25, 0.3) is 0 Å². The molecule has 96 valence electrons. The van der Waals surface area contributed by atoms with Crippen molar-refractivity contribution < 1.29 is 14.2 Å². The molecule has 1 fully saturated rings. The Kier molecular flexibility index (Phi) is 7.37. The molecule has 0 aromatic carbocycles. The van der Waals surface area contributed by atoms with Crippen molar-refractivity contribution in [2.45, 2.75) is 25.7 Å². The number of hydrogen-bond acceptors (Lipinski definition) is 3. The van der Waals surface area contributed by atoms with E-state index in [0.717, 1.165) is 39.1 Å². The van der Waals surface area contributed by atoms with E-state index in [4.69, 9.17) is 25.8 Å². The summed E-state index contributed by atoms with van der Waals surface area (Å²) in [5.41, 5.74) is 0.199. The molecule has 0 radical (unpaired) electrons. The lowest BCUT2D eigenvalue weighted by Crippen LogP contribution is -2.33. The van der Waals surface area contributed by atoms with Crippen molar-refractivity contribution in [1.29, 1.82) is 0 Å². The molecule has 0 aromatic heterocycles. The molecule has 0 bridgehead atoms. The van der Waals surface area contributed by atoms with E-state index < -0.39 is 0 Å². The molecule has 1 saturated heterocycles. The first-order chi connectivity index (χ1) is 7.83. The van der Waals surface area contributed by atoms with Gasteiger partial charge in [-0.1, -0.05) is 0 Å². The van der Waals surface area contributed by atoms with Crippen LogP contribution in [0.2, 0.25) is 0 Å². The average Bonchev–Trinajstić information content (AvgIpc) is 2.35. The van der Waals surface area contributed by atoms with Crippen molar-refractivity contribution >= 4 is 11.6 Å². The molecule has 0 aliphatic carbocycles. The van der Waals surface area contributed by atoms with Crippen molar-refractivity contribution in [3.05, 3.63) is 0 Å². The summed E-state index contributed by atoms with van der Waals surface area (Å²) in [7, 11) is 1.69. The number of ether oxygens (including phenoxy) is 3. The maximum atomic E-state index is 6.06. The smallest absolute Gasteiger partial charge is 0.0700 e. The molecule has 0 saturated carbocycles. The monoisotopic (exact) mass is 250 g/mol. The van der Waals surface area contributed by atoms with Crippen molar-refractivity contribution in [1.82, 2.24) is 0 Å². The van der Waals surface area contributed by atoms with E-state index in [1.807, 2.05) is 0 Å². The van der Waals surface area contributed by atoms with Gasteiger partial charge in [0.15, 0.2) is 0 Å². The van der Waals surface area contributed by atoms with Gasteiger partial charge in [0, 0.05) is 31.6 Å². The Morgan fingerprint density at radius 3 is 2.81 bits per heavy atom. The highest BCUT2D eigenvalue weighted by Crippen LogP contribution is 2.34. The van der Waals surface area contributed by atoms with E-state index >= 15 is 0 Å². The second-order valence-corrected chi connectivity index (χ2v) is 4.77. The van der Waals surface area contributed by atoms with E-state index in [0.29, 0.717) is 19.1 Å². The molecule has 1 heterocycles. The summed E-state index contributed by atoms with van der Waals surface area (Å²) in [6.07, 6.45) is 4.48. The van der Waals surface area contributed by atoms with Gasteiger partial charge in [0.25, 0.3) is 0 Å². The first-order valence-electron chi connectivity index (χ1n) is 6.03. The highest BCUT2D eigenvalue weighted by Gasteiger charge is 2.31. The molecular weight excluding hydrogens is 228 g/mol. The van der Waals surface area contributed by atoms with Crippen LogP contribution in [-0.4, -0.2) is 46.0 Å². The average molecular weight is 251 g/mol. The SMILES string of the molecule is COCCOCCCC1(CCl)CCCOC1. The van der Waals surface area contributed by atoms with Gasteiger partial charge in [0.2, 0.25) is 0 Å². The molecule has 16 heavy (non-hydrogen) atoms. The summed E-state index contributed by atoms with van der Waals surface area (Å²) in [6, 6.07) is 0. The minimum atomic E-state index is 0.199. The number of hydrogen-bond donors (Lipinski definition) is 0. The van der Waals surface area contributed by atoms with Gasteiger partial charge in [-0.3, -0.25) is 0 Å². The predicted octanol–water partition coefficient (Wildman–Crippen LogP) is 2.47. The van der Waals surface area contributed by atoms with Crippen molar-refractivity contribution in [3.63, 3.8) is 0 Å². The van der Waals surface area contributed by atoms with Gasteiger partial charge in [-0.05, 0) is 25.7 Å². The highest BCUT2D eigenvalue weighted by molar-refractivity contribution is 6.18.